The normalized spacial score (nSPS) is 10.4. The Morgan fingerprint density at radius 2 is 1.06 bits per heavy atom. The number of hydrogen-bond acceptors (Lipinski definition) is 3. The first-order valence-corrected chi connectivity index (χ1v) is 6.83. The lowest BCUT2D eigenvalue weighted by Crippen LogP contribution is -2.07. The summed E-state index contributed by atoms with van der Waals surface area (Å²) in [7, 11) is -2.29. The quantitative estimate of drug-likeness (QED) is 0.800. The third-order valence-corrected chi connectivity index (χ3v) is 3.21. The van der Waals surface area contributed by atoms with E-state index in [2.05, 4.69) is 0 Å². The van der Waals surface area contributed by atoms with Gasteiger partial charge in [-0.2, -0.15) is 0 Å². The monoisotopic (exact) mass is 301 g/mol. The van der Waals surface area contributed by atoms with Gasteiger partial charge < -0.3 is 13.9 Å². The topological polar surface area (TPSA) is 41.5 Å². The summed E-state index contributed by atoms with van der Waals surface area (Å²) in [5.74, 6) is 0.851. The van der Waals surface area contributed by atoms with Crippen molar-refractivity contribution < 1.29 is 13.9 Å². The van der Waals surface area contributed by atoms with Gasteiger partial charge in [0.25, 0.3) is 0 Å². The van der Waals surface area contributed by atoms with Crippen LogP contribution in [-0.4, -0.2) is 0 Å². The highest BCUT2D eigenvalue weighted by atomic mass is 35.5. The summed E-state index contributed by atoms with van der Waals surface area (Å²) in [5.41, 5.74) is 0. The standard InChI is InChI=1S/C12H8Cl2O3P/c13-9-1-5-11(6-2-9)16-18(15)17-12-7-3-10(14)4-8-12/h1-8H/q-1. The molecule has 0 N–H and O–H groups in total. The Morgan fingerprint density at radius 3 is 1.39 bits per heavy atom. The zero-order chi connectivity index (χ0) is 13.0. The molecule has 0 bridgehead atoms. The first-order chi connectivity index (χ1) is 8.63. The maximum absolute atomic E-state index is 11.6. The van der Waals surface area contributed by atoms with Crippen molar-refractivity contribution in [3.05, 3.63) is 58.6 Å². The van der Waals surface area contributed by atoms with Gasteiger partial charge in [-0.05, 0) is 48.5 Å². The molecule has 0 amide bonds. The van der Waals surface area contributed by atoms with E-state index in [1.165, 1.54) is 0 Å². The van der Waals surface area contributed by atoms with E-state index >= 15 is 0 Å². The minimum atomic E-state index is -2.29. The Bertz CT molecular complexity index is 454. The lowest BCUT2D eigenvalue weighted by molar-refractivity contribution is -0.189. The average Bonchev–Trinajstić information content (AvgIpc) is 2.35. The fourth-order valence-electron chi connectivity index (χ4n) is 1.18. The number of rotatable bonds is 4. The molecule has 0 atom stereocenters. The molecule has 0 radical (unpaired) electrons. The Hall–Kier alpha value is -0.990. The molecule has 2 aromatic rings. The molecule has 0 fully saturated rings. The maximum atomic E-state index is 11.6. The van der Waals surface area contributed by atoms with Gasteiger partial charge in [-0.15, -0.1) is 0 Å². The predicted molar refractivity (Wildman–Crippen MR) is 71.1 cm³/mol. The molecule has 2 aromatic carbocycles. The Morgan fingerprint density at radius 1 is 0.722 bits per heavy atom. The first-order valence-electron chi connectivity index (χ1n) is 4.98. The fraction of sp³-hybridized carbons (Fsp3) is 0. The highest BCUT2D eigenvalue weighted by Crippen LogP contribution is 2.33. The van der Waals surface area contributed by atoms with Gasteiger partial charge in [-0.3, -0.25) is 0 Å². The molecule has 94 valence electrons. The van der Waals surface area contributed by atoms with Crippen LogP contribution in [0.5, 0.6) is 11.5 Å². The van der Waals surface area contributed by atoms with E-state index in [0.717, 1.165) is 0 Å². The van der Waals surface area contributed by atoms with Crippen molar-refractivity contribution in [2.45, 2.75) is 0 Å². The second-order valence-electron chi connectivity index (χ2n) is 3.31. The van der Waals surface area contributed by atoms with Crippen molar-refractivity contribution >= 4 is 31.8 Å². The minimum Gasteiger partial charge on any atom is -0.765 e. The largest absolute Gasteiger partial charge is 0.765 e. The Balaban J connectivity index is 1.94. The van der Waals surface area contributed by atoms with Gasteiger partial charge in [-0.25, -0.2) is 0 Å². The molecular formula is C12H8Cl2O3P-. The lowest BCUT2D eigenvalue weighted by atomic mass is 10.3. The number of benzene rings is 2. The molecule has 2 rings (SSSR count). The van der Waals surface area contributed by atoms with Crippen LogP contribution < -0.4 is 13.9 Å². The van der Waals surface area contributed by atoms with Crippen LogP contribution in [-0.2, 0) is 0 Å². The SMILES string of the molecule is [O-]P(Oc1ccc(Cl)cc1)Oc1ccc(Cl)cc1. The highest BCUT2D eigenvalue weighted by Gasteiger charge is 2.01. The van der Waals surface area contributed by atoms with E-state index in [9.17, 15) is 4.89 Å². The molecule has 3 nitrogen and oxygen atoms in total. The van der Waals surface area contributed by atoms with Crippen molar-refractivity contribution in [2.24, 2.45) is 0 Å². The van der Waals surface area contributed by atoms with Crippen molar-refractivity contribution in [3.63, 3.8) is 0 Å². The zero-order valence-electron chi connectivity index (χ0n) is 9.05. The van der Waals surface area contributed by atoms with Crippen molar-refractivity contribution in [1.82, 2.24) is 0 Å². The molecule has 0 aliphatic rings. The van der Waals surface area contributed by atoms with Gasteiger partial charge in [0, 0.05) is 10.0 Å². The van der Waals surface area contributed by atoms with E-state index in [4.69, 9.17) is 32.2 Å². The van der Waals surface area contributed by atoms with Gasteiger partial charge in [-0.1, -0.05) is 23.2 Å². The zero-order valence-corrected chi connectivity index (χ0v) is 11.5. The molecule has 0 saturated heterocycles. The smallest absolute Gasteiger partial charge is 0.210 e. The number of hydrogen-bond donors (Lipinski definition) is 0. The van der Waals surface area contributed by atoms with Gasteiger partial charge in [0.05, 0.1) is 0 Å². The molecular weight excluding hydrogens is 294 g/mol. The van der Waals surface area contributed by atoms with E-state index in [-0.39, 0.29) is 0 Å². The van der Waals surface area contributed by atoms with Crippen LogP contribution >= 0.6 is 31.8 Å². The fourth-order valence-corrected chi connectivity index (χ4v) is 2.06. The van der Waals surface area contributed by atoms with Crippen molar-refractivity contribution in [3.8, 4) is 11.5 Å². The van der Waals surface area contributed by atoms with E-state index < -0.39 is 8.60 Å². The maximum Gasteiger partial charge on any atom is 0.210 e. The van der Waals surface area contributed by atoms with Gasteiger partial charge in [0.2, 0.25) is 8.60 Å². The van der Waals surface area contributed by atoms with Crippen LogP contribution in [0, 0.1) is 0 Å². The summed E-state index contributed by atoms with van der Waals surface area (Å²) in [6, 6.07) is 13.0. The van der Waals surface area contributed by atoms with Crippen molar-refractivity contribution in [2.75, 3.05) is 0 Å². The van der Waals surface area contributed by atoms with E-state index in [1.54, 1.807) is 48.5 Å². The predicted octanol–water partition coefficient (Wildman–Crippen LogP) is 4.04. The summed E-state index contributed by atoms with van der Waals surface area (Å²) >= 11 is 11.4. The van der Waals surface area contributed by atoms with E-state index in [0.29, 0.717) is 21.5 Å². The Labute approximate surface area is 116 Å². The molecule has 0 aliphatic heterocycles. The van der Waals surface area contributed by atoms with Crippen LogP contribution in [0.3, 0.4) is 0 Å². The van der Waals surface area contributed by atoms with Crippen LogP contribution in [0.15, 0.2) is 48.5 Å². The lowest BCUT2D eigenvalue weighted by Gasteiger charge is -2.22. The summed E-state index contributed by atoms with van der Waals surface area (Å²) in [6.45, 7) is 0. The average molecular weight is 302 g/mol. The van der Waals surface area contributed by atoms with Gasteiger partial charge >= 0.3 is 0 Å². The van der Waals surface area contributed by atoms with Crippen molar-refractivity contribution in [1.29, 1.82) is 0 Å². The van der Waals surface area contributed by atoms with E-state index in [1.807, 2.05) is 0 Å². The molecule has 0 spiro atoms. The Kier molecular flexibility index (Phi) is 4.67. The molecule has 6 heteroatoms. The summed E-state index contributed by atoms with van der Waals surface area (Å²) in [5, 5.41) is 1.16. The summed E-state index contributed by atoms with van der Waals surface area (Å²) < 4.78 is 10.2. The molecule has 0 unspecified atom stereocenters. The second kappa shape index (κ2) is 6.26. The number of halogens is 2. The minimum absolute atomic E-state index is 0.425. The van der Waals surface area contributed by atoms with Gasteiger partial charge in [0.15, 0.2) is 0 Å². The second-order valence-corrected chi connectivity index (χ2v) is 5.00. The third kappa shape index (κ3) is 4.04. The van der Waals surface area contributed by atoms with Crippen LogP contribution in [0.25, 0.3) is 0 Å². The molecule has 0 saturated carbocycles. The first kappa shape index (κ1) is 13.4. The molecule has 0 aliphatic carbocycles. The molecule has 18 heavy (non-hydrogen) atoms. The highest BCUT2D eigenvalue weighted by molar-refractivity contribution is 7.39. The summed E-state index contributed by atoms with van der Waals surface area (Å²) in [6.07, 6.45) is 0. The third-order valence-electron chi connectivity index (χ3n) is 1.99. The van der Waals surface area contributed by atoms with Gasteiger partial charge in [0.1, 0.15) is 11.5 Å². The summed E-state index contributed by atoms with van der Waals surface area (Å²) in [4.78, 5) is 11.6. The van der Waals surface area contributed by atoms with Crippen LogP contribution in [0.4, 0.5) is 0 Å². The van der Waals surface area contributed by atoms with Crippen LogP contribution in [0.1, 0.15) is 0 Å². The molecule has 0 aromatic heterocycles. The van der Waals surface area contributed by atoms with Crippen LogP contribution in [0.2, 0.25) is 10.0 Å². The molecule has 0 heterocycles.